The summed E-state index contributed by atoms with van der Waals surface area (Å²) in [5.41, 5.74) is 1.16. The minimum absolute atomic E-state index is 0.0698. The van der Waals surface area contributed by atoms with Crippen LogP contribution in [0.3, 0.4) is 0 Å². The highest BCUT2D eigenvalue weighted by molar-refractivity contribution is 5.95. The van der Waals surface area contributed by atoms with Crippen molar-refractivity contribution in [2.24, 2.45) is 17.3 Å². The van der Waals surface area contributed by atoms with Crippen molar-refractivity contribution < 1.29 is 24.2 Å². The number of fused-ring (bicyclic) bond motifs is 1. The third-order valence-electron chi connectivity index (χ3n) is 7.83. The van der Waals surface area contributed by atoms with E-state index in [2.05, 4.69) is 0 Å². The summed E-state index contributed by atoms with van der Waals surface area (Å²) in [5.74, 6) is -0.376. The number of amides is 3. The Morgan fingerprint density at radius 3 is 2.41 bits per heavy atom. The van der Waals surface area contributed by atoms with Crippen LogP contribution < -0.4 is 0 Å². The molecule has 3 amide bonds. The van der Waals surface area contributed by atoms with Gasteiger partial charge < -0.3 is 29.1 Å². The predicted octanol–water partition coefficient (Wildman–Crippen LogP) is 3.80. The van der Waals surface area contributed by atoms with E-state index < -0.39 is 29.5 Å². The second-order valence-corrected chi connectivity index (χ2v) is 12.2. The zero-order valence-corrected chi connectivity index (χ0v) is 24.1. The van der Waals surface area contributed by atoms with Gasteiger partial charge in [0.15, 0.2) is 5.82 Å². The summed E-state index contributed by atoms with van der Waals surface area (Å²) in [7, 11) is 0. The topological polar surface area (TPSA) is 108 Å². The lowest BCUT2D eigenvalue weighted by Crippen LogP contribution is -2.66. The number of carboxylic acid groups (broad SMARTS) is 1. The molecule has 0 aliphatic carbocycles. The summed E-state index contributed by atoms with van der Waals surface area (Å²) in [6, 6.07) is 6.69. The third-order valence-corrected chi connectivity index (χ3v) is 7.83. The van der Waals surface area contributed by atoms with Gasteiger partial charge in [-0.15, -0.1) is 0 Å². The molecule has 2 aliphatic heterocycles. The van der Waals surface area contributed by atoms with Crippen LogP contribution >= 0.6 is 0 Å². The highest BCUT2D eigenvalue weighted by Gasteiger charge is 2.50. The molecule has 2 saturated heterocycles. The van der Waals surface area contributed by atoms with Crippen LogP contribution in [0.25, 0.3) is 11.0 Å². The van der Waals surface area contributed by atoms with E-state index in [-0.39, 0.29) is 24.3 Å². The van der Waals surface area contributed by atoms with Gasteiger partial charge in [-0.1, -0.05) is 46.8 Å². The van der Waals surface area contributed by atoms with Gasteiger partial charge in [-0.25, -0.2) is 9.78 Å². The molecule has 2 fully saturated rings. The molecule has 1 aromatic carbocycles. The maximum atomic E-state index is 14.4. The van der Waals surface area contributed by atoms with Gasteiger partial charge in [0, 0.05) is 32.7 Å². The number of aromatic nitrogens is 2. The first-order chi connectivity index (χ1) is 18.4. The molecule has 3 heterocycles. The van der Waals surface area contributed by atoms with E-state index >= 15 is 0 Å². The van der Waals surface area contributed by atoms with Crippen molar-refractivity contribution in [3.63, 3.8) is 0 Å². The molecule has 2 aliphatic rings. The lowest BCUT2D eigenvalue weighted by molar-refractivity contribution is -0.144. The van der Waals surface area contributed by atoms with Gasteiger partial charge in [-0.05, 0) is 36.8 Å². The second-order valence-electron chi connectivity index (χ2n) is 12.2. The molecule has 1 unspecified atom stereocenters. The van der Waals surface area contributed by atoms with E-state index in [1.807, 2.05) is 75.3 Å². The van der Waals surface area contributed by atoms with Gasteiger partial charge >= 0.3 is 6.09 Å². The van der Waals surface area contributed by atoms with E-state index in [1.165, 1.54) is 4.90 Å². The highest BCUT2D eigenvalue weighted by atomic mass is 16.5. The first kappa shape index (κ1) is 28.9. The minimum atomic E-state index is -1.07. The first-order valence-corrected chi connectivity index (χ1v) is 14.1. The van der Waals surface area contributed by atoms with E-state index in [1.54, 1.807) is 4.90 Å². The van der Waals surface area contributed by atoms with Crippen LogP contribution in [0.5, 0.6) is 0 Å². The van der Waals surface area contributed by atoms with Crippen LogP contribution in [-0.4, -0.2) is 98.7 Å². The molecule has 0 bridgehead atoms. The molecule has 2 aromatic rings. The van der Waals surface area contributed by atoms with Crippen LogP contribution in [0.1, 0.15) is 58.6 Å². The summed E-state index contributed by atoms with van der Waals surface area (Å²) in [6.45, 7) is 15.1. The Hall–Kier alpha value is -3.14. The third kappa shape index (κ3) is 5.90. The number of hydrogen-bond acceptors (Lipinski definition) is 5. The molecule has 0 spiro atoms. The summed E-state index contributed by atoms with van der Waals surface area (Å²) in [4.78, 5) is 50.5. The summed E-state index contributed by atoms with van der Waals surface area (Å²) in [5, 5.41) is 10.4. The normalized spacial score (nSPS) is 22.4. The van der Waals surface area contributed by atoms with Crippen molar-refractivity contribution in [1.82, 2.24) is 24.3 Å². The number of aryl methyl sites for hydroxylation is 1. The van der Waals surface area contributed by atoms with Crippen LogP contribution in [0, 0.1) is 17.3 Å². The zero-order chi connectivity index (χ0) is 28.5. The number of hydrogen-bond donors (Lipinski definition) is 1. The molecular formula is C29H43N5O5. The summed E-state index contributed by atoms with van der Waals surface area (Å²) in [6.07, 6.45) is -0.677. The Morgan fingerprint density at radius 2 is 1.82 bits per heavy atom. The standard InChI is InChI=1S/C29H43N5O5/c1-7-32-22-11-9-8-10-21(22)30-25(32)27(36)33(17-19(2)3)23-16-20(26(35)31-12-14-39-15-13-31)18-34(28(37)38)24(23)29(4,5)6/h8-11,19-20,23-24H,7,12-18H2,1-6H3,(H,37,38)/t20-,23+,24?/m1/s1. The average Bonchev–Trinajstić information content (AvgIpc) is 3.28. The Morgan fingerprint density at radius 1 is 1.15 bits per heavy atom. The lowest BCUT2D eigenvalue weighted by atomic mass is 9.74. The molecule has 3 atom stereocenters. The van der Waals surface area contributed by atoms with Crippen molar-refractivity contribution in [2.75, 3.05) is 39.4 Å². The number of imidazole rings is 1. The zero-order valence-electron chi connectivity index (χ0n) is 24.1. The number of ether oxygens (including phenoxy) is 1. The summed E-state index contributed by atoms with van der Waals surface area (Å²) < 4.78 is 7.35. The highest BCUT2D eigenvalue weighted by Crippen LogP contribution is 2.38. The first-order valence-electron chi connectivity index (χ1n) is 14.1. The molecule has 1 aromatic heterocycles. The molecule has 0 saturated carbocycles. The van der Waals surface area contributed by atoms with Gasteiger partial charge in [-0.2, -0.15) is 0 Å². The number of piperidine rings is 1. The van der Waals surface area contributed by atoms with Crippen LogP contribution in [0.15, 0.2) is 24.3 Å². The number of carbonyl (C=O) groups excluding carboxylic acids is 2. The Kier molecular flexibility index (Phi) is 8.54. The van der Waals surface area contributed by atoms with E-state index in [4.69, 9.17) is 9.72 Å². The van der Waals surface area contributed by atoms with Gasteiger partial charge in [0.1, 0.15) is 0 Å². The van der Waals surface area contributed by atoms with Crippen LogP contribution in [0.4, 0.5) is 4.79 Å². The van der Waals surface area contributed by atoms with E-state index in [0.29, 0.717) is 51.6 Å². The van der Waals surface area contributed by atoms with Gasteiger partial charge in [0.25, 0.3) is 5.91 Å². The van der Waals surface area contributed by atoms with Crippen LogP contribution in [-0.2, 0) is 16.1 Å². The molecule has 214 valence electrons. The SMILES string of the molecule is CCn1c(C(=O)N(CC(C)C)[C@H]2C[C@@H](C(=O)N3CCOCC3)CN(C(=O)O)C2C(C)(C)C)nc2ccccc21. The number of nitrogens with zero attached hydrogens (tertiary/aromatic N) is 5. The molecule has 39 heavy (non-hydrogen) atoms. The Labute approximate surface area is 230 Å². The number of rotatable bonds is 6. The number of carbonyl (C=O) groups is 3. The van der Waals surface area contributed by atoms with Gasteiger partial charge in [0.05, 0.1) is 42.2 Å². The Balaban J connectivity index is 1.80. The molecule has 10 heteroatoms. The van der Waals surface area contributed by atoms with Crippen molar-refractivity contribution in [3.8, 4) is 0 Å². The van der Waals surface area contributed by atoms with E-state index in [9.17, 15) is 19.5 Å². The van der Waals surface area contributed by atoms with Crippen molar-refractivity contribution >= 4 is 28.9 Å². The maximum Gasteiger partial charge on any atom is 0.407 e. The van der Waals surface area contributed by atoms with E-state index in [0.717, 1.165) is 11.0 Å². The van der Waals surface area contributed by atoms with Crippen molar-refractivity contribution in [2.45, 2.75) is 66.6 Å². The fourth-order valence-corrected chi connectivity index (χ4v) is 6.26. The number of morpholine rings is 1. The smallest absolute Gasteiger partial charge is 0.407 e. The fraction of sp³-hybridized carbons (Fsp3) is 0.655. The molecule has 10 nitrogen and oxygen atoms in total. The molecule has 4 rings (SSSR count). The predicted molar refractivity (Wildman–Crippen MR) is 149 cm³/mol. The number of likely N-dealkylation sites (tertiary alicyclic amines) is 1. The second kappa shape index (κ2) is 11.5. The maximum absolute atomic E-state index is 14.4. The molecule has 0 radical (unpaired) electrons. The molecular weight excluding hydrogens is 498 g/mol. The van der Waals surface area contributed by atoms with Crippen molar-refractivity contribution in [3.05, 3.63) is 30.1 Å². The van der Waals surface area contributed by atoms with Gasteiger partial charge in [0.2, 0.25) is 5.91 Å². The minimum Gasteiger partial charge on any atom is -0.465 e. The largest absolute Gasteiger partial charge is 0.465 e. The average molecular weight is 542 g/mol. The van der Waals surface area contributed by atoms with Crippen LogP contribution in [0.2, 0.25) is 0 Å². The van der Waals surface area contributed by atoms with Crippen molar-refractivity contribution in [1.29, 1.82) is 0 Å². The number of para-hydroxylation sites is 2. The Bertz CT molecular complexity index is 1200. The monoisotopic (exact) mass is 541 g/mol. The summed E-state index contributed by atoms with van der Waals surface area (Å²) >= 11 is 0. The fourth-order valence-electron chi connectivity index (χ4n) is 6.26. The van der Waals surface area contributed by atoms with Gasteiger partial charge in [-0.3, -0.25) is 9.59 Å². The quantitative estimate of drug-likeness (QED) is 0.596. The molecule has 1 N–H and O–H groups in total. The lowest BCUT2D eigenvalue weighted by Gasteiger charge is -2.52. The number of benzene rings is 1.